The average molecular weight is 195 g/mol. The minimum atomic E-state index is -1.02. The highest BCUT2D eigenvalue weighted by molar-refractivity contribution is 6.73. The van der Waals surface area contributed by atoms with Crippen molar-refractivity contribution >= 4 is 8.24 Å². The number of rotatable bonds is 3. The summed E-state index contributed by atoms with van der Waals surface area (Å²) in [5.74, 6) is 1.96. The Bertz CT molecular complexity index is 227. The summed E-state index contributed by atoms with van der Waals surface area (Å²) in [5.41, 5.74) is 1.74. The summed E-state index contributed by atoms with van der Waals surface area (Å²) < 4.78 is 0. The lowest BCUT2D eigenvalue weighted by Crippen LogP contribution is -2.44. The molecule has 0 radical (unpaired) electrons. The van der Waals surface area contributed by atoms with E-state index in [2.05, 4.69) is 30.7 Å². The van der Waals surface area contributed by atoms with Gasteiger partial charge in [-0.05, 0) is 37.6 Å². The molecular formula is C11H21NSi. The van der Waals surface area contributed by atoms with E-state index in [1.54, 1.807) is 5.57 Å². The van der Waals surface area contributed by atoms with E-state index >= 15 is 0 Å². The van der Waals surface area contributed by atoms with E-state index < -0.39 is 8.24 Å². The Hall–Kier alpha value is -0.0831. The van der Waals surface area contributed by atoms with Gasteiger partial charge in [-0.3, -0.25) is 0 Å². The summed E-state index contributed by atoms with van der Waals surface area (Å²) in [6, 6.07) is 0. The SMILES string of the molecule is C[Si](C)(C)NCC1CC2=CCC1C2. The van der Waals surface area contributed by atoms with Crippen LogP contribution in [0.4, 0.5) is 0 Å². The summed E-state index contributed by atoms with van der Waals surface area (Å²) >= 11 is 0. The van der Waals surface area contributed by atoms with Crippen LogP contribution in [0.2, 0.25) is 19.6 Å². The van der Waals surface area contributed by atoms with Crippen LogP contribution in [0.3, 0.4) is 0 Å². The Kier molecular flexibility index (Phi) is 2.36. The molecule has 1 saturated carbocycles. The smallest absolute Gasteiger partial charge is 0.116 e. The topological polar surface area (TPSA) is 12.0 Å². The van der Waals surface area contributed by atoms with Crippen molar-refractivity contribution in [2.75, 3.05) is 6.54 Å². The lowest BCUT2D eigenvalue weighted by Gasteiger charge is -2.25. The van der Waals surface area contributed by atoms with E-state index in [0.717, 1.165) is 11.8 Å². The van der Waals surface area contributed by atoms with E-state index in [1.807, 2.05) is 0 Å². The molecule has 1 nitrogen and oxygen atoms in total. The summed E-state index contributed by atoms with van der Waals surface area (Å²) in [6.45, 7) is 8.44. The number of hydrogen-bond acceptors (Lipinski definition) is 1. The number of allylic oxidation sites excluding steroid dienone is 2. The molecule has 2 unspecified atom stereocenters. The van der Waals surface area contributed by atoms with E-state index in [9.17, 15) is 0 Å². The second-order valence-corrected chi connectivity index (χ2v) is 10.5. The van der Waals surface area contributed by atoms with Gasteiger partial charge in [0.05, 0.1) is 0 Å². The van der Waals surface area contributed by atoms with Gasteiger partial charge in [-0.25, -0.2) is 0 Å². The van der Waals surface area contributed by atoms with Crippen LogP contribution in [0.1, 0.15) is 19.3 Å². The maximum atomic E-state index is 3.76. The molecule has 0 aromatic carbocycles. The van der Waals surface area contributed by atoms with Crippen LogP contribution in [-0.2, 0) is 0 Å². The molecule has 1 fully saturated rings. The third-order valence-corrected chi connectivity index (χ3v) is 4.58. The fourth-order valence-electron chi connectivity index (χ4n) is 2.53. The van der Waals surface area contributed by atoms with Gasteiger partial charge in [0.25, 0.3) is 0 Å². The monoisotopic (exact) mass is 195 g/mol. The molecule has 2 rings (SSSR count). The molecule has 0 heterocycles. The first-order valence-corrected chi connectivity index (χ1v) is 8.97. The molecule has 13 heavy (non-hydrogen) atoms. The highest BCUT2D eigenvalue weighted by Gasteiger charge is 2.34. The lowest BCUT2D eigenvalue weighted by atomic mass is 9.92. The quantitative estimate of drug-likeness (QED) is 0.539. The third kappa shape index (κ3) is 2.23. The number of nitrogens with one attached hydrogen (secondary N) is 1. The van der Waals surface area contributed by atoms with Gasteiger partial charge in [-0.15, -0.1) is 0 Å². The van der Waals surface area contributed by atoms with Gasteiger partial charge in [-0.2, -0.15) is 0 Å². The lowest BCUT2D eigenvalue weighted by molar-refractivity contribution is 0.388. The van der Waals surface area contributed by atoms with Crippen molar-refractivity contribution in [3.8, 4) is 0 Å². The van der Waals surface area contributed by atoms with Crippen LogP contribution in [0.15, 0.2) is 11.6 Å². The highest BCUT2D eigenvalue weighted by atomic mass is 28.3. The molecule has 2 aliphatic carbocycles. The Balaban J connectivity index is 1.81. The first-order valence-electron chi connectivity index (χ1n) is 5.47. The van der Waals surface area contributed by atoms with E-state index in [1.165, 1.54) is 25.8 Å². The Morgan fingerprint density at radius 3 is 2.62 bits per heavy atom. The molecule has 2 heteroatoms. The molecule has 0 aliphatic heterocycles. The molecule has 2 atom stereocenters. The molecule has 0 aromatic rings. The summed E-state index contributed by atoms with van der Waals surface area (Å²) in [5, 5.41) is 0. The summed E-state index contributed by atoms with van der Waals surface area (Å²) in [7, 11) is -1.02. The molecule has 0 spiro atoms. The average Bonchev–Trinajstić information content (AvgIpc) is 2.58. The minimum Gasteiger partial charge on any atom is -0.337 e. The van der Waals surface area contributed by atoms with Gasteiger partial charge in [-0.1, -0.05) is 31.3 Å². The van der Waals surface area contributed by atoms with Crippen molar-refractivity contribution in [2.24, 2.45) is 11.8 Å². The van der Waals surface area contributed by atoms with Crippen molar-refractivity contribution in [3.63, 3.8) is 0 Å². The summed E-state index contributed by atoms with van der Waals surface area (Å²) in [4.78, 5) is 3.76. The highest BCUT2D eigenvalue weighted by Crippen LogP contribution is 2.43. The normalized spacial score (nSPS) is 32.4. The predicted octanol–water partition coefficient (Wildman–Crippen LogP) is 2.77. The van der Waals surface area contributed by atoms with Crippen molar-refractivity contribution in [2.45, 2.75) is 38.9 Å². The van der Waals surface area contributed by atoms with Crippen molar-refractivity contribution < 1.29 is 0 Å². The number of fused-ring (bicyclic) bond motifs is 2. The zero-order valence-corrected chi connectivity index (χ0v) is 10.1. The first-order chi connectivity index (χ1) is 6.04. The molecule has 74 valence electrons. The van der Waals surface area contributed by atoms with Gasteiger partial charge >= 0.3 is 0 Å². The maximum absolute atomic E-state index is 3.76. The zero-order chi connectivity index (χ0) is 9.47. The molecule has 0 saturated heterocycles. The van der Waals surface area contributed by atoms with Gasteiger partial charge in [0.1, 0.15) is 8.24 Å². The van der Waals surface area contributed by atoms with Crippen molar-refractivity contribution in [3.05, 3.63) is 11.6 Å². The maximum Gasteiger partial charge on any atom is 0.116 e. The second kappa shape index (κ2) is 3.25. The zero-order valence-electron chi connectivity index (χ0n) is 9.06. The third-order valence-electron chi connectivity index (χ3n) is 3.32. The van der Waals surface area contributed by atoms with E-state index in [0.29, 0.717) is 0 Å². The van der Waals surface area contributed by atoms with Gasteiger partial charge < -0.3 is 4.98 Å². The van der Waals surface area contributed by atoms with E-state index in [4.69, 9.17) is 0 Å². The molecular weight excluding hydrogens is 174 g/mol. The fourth-order valence-corrected chi connectivity index (χ4v) is 3.40. The molecule has 1 N–H and O–H groups in total. The standard InChI is InChI=1S/C11H21NSi/c1-13(2,3)12-8-11-7-9-4-5-10(11)6-9/h4,10-12H,5-8H2,1-3H3. The molecule has 2 aliphatic rings. The second-order valence-electron chi connectivity index (χ2n) is 5.66. The van der Waals surface area contributed by atoms with Crippen LogP contribution < -0.4 is 4.98 Å². The van der Waals surface area contributed by atoms with Crippen LogP contribution in [0.5, 0.6) is 0 Å². The van der Waals surface area contributed by atoms with Gasteiger partial charge in [0.15, 0.2) is 0 Å². The van der Waals surface area contributed by atoms with Crippen molar-refractivity contribution in [1.82, 2.24) is 4.98 Å². The fraction of sp³-hybridized carbons (Fsp3) is 0.818. The first kappa shape index (κ1) is 9.47. The van der Waals surface area contributed by atoms with E-state index in [-0.39, 0.29) is 0 Å². The van der Waals surface area contributed by atoms with Crippen LogP contribution >= 0.6 is 0 Å². The van der Waals surface area contributed by atoms with Crippen molar-refractivity contribution in [1.29, 1.82) is 0 Å². The predicted molar refractivity (Wildman–Crippen MR) is 60.3 cm³/mol. The number of hydrogen-bond donors (Lipinski definition) is 1. The molecule has 0 amide bonds. The molecule has 2 bridgehead atoms. The largest absolute Gasteiger partial charge is 0.337 e. The Morgan fingerprint density at radius 2 is 2.15 bits per heavy atom. The van der Waals surface area contributed by atoms with Crippen LogP contribution in [0, 0.1) is 11.8 Å². The Labute approximate surface area is 82.7 Å². The van der Waals surface area contributed by atoms with Crippen LogP contribution in [-0.4, -0.2) is 14.8 Å². The molecule has 0 aromatic heterocycles. The Morgan fingerprint density at radius 1 is 1.38 bits per heavy atom. The minimum absolute atomic E-state index is 0.965. The van der Waals surface area contributed by atoms with Gasteiger partial charge in [0, 0.05) is 0 Å². The summed E-state index contributed by atoms with van der Waals surface area (Å²) in [6.07, 6.45) is 6.64. The van der Waals surface area contributed by atoms with Gasteiger partial charge in [0.2, 0.25) is 0 Å². The van der Waals surface area contributed by atoms with Crippen LogP contribution in [0.25, 0.3) is 0 Å².